The second-order valence-electron chi connectivity index (χ2n) is 5.54. The maximum atomic E-state index is 12.5. The Morgan fingerprint density at radius 3 is 2.59 bits per heavy atom. The molecule has 1 saturated heterocycles. The van der Waals surface area contributed by atoms with Crippen LogP contribution < -0.4 is 9.80 Å². The number of carbonyl (C=O) groups is 1. The van der Waals surface area contributed by atoms with E-state index in [-0.39, 0.29) is 5.69 Å². The van der Waals surface area contributed by atoms with E-state index in [1.165, 1.54) is 6.42 Å². The highest BCUT2D eigenvalue weighted by atomic mass is 79.9. The van der Waals surface area contributed by atoms with Crippen molar-refractivity contribution in [3.63, 3.8) is 0 Å². The number of hydrogen-bond donors (Lipinski definition) is 0. The minimum Gasteiger partial charge on any atom is -0.368 e. The fourth-order valence-electron chi connectivity index (χ4n) is 2.70. The van der Waals surface area contributed by atoms with E-state index >= 15 is 0 Å². The molecule has 1 atom stereocenters. The zero-order valence-electron chi connectivity index (χ0n) is 12.5. The number of carbonyl (C=O) groups excluding carboxylic acids is 1. The van der Waals surface area contributed by atoms with E-state index in [1.807, 2.05) is 0 Å². The molecule has 0 N–H and O–H groups in total. The minimum absolute atomic E-state index is 0.211. The van der Waals surface area contributed by atoms with Crippen molar-refractivity contribution >= 4 is 33.2 Å². The number of alkyl halides is 3. The van der Waals surface area contributed by atoms with Gasteiger partial charge in [0.05, 0.1) is 5.69 Å². The minimum atomic E-state index is -4.87. The predicted octanol–water partition coefficient (Wildman–Crippen LogP) is 4.35. The Hall–Kier alpha value is -1.24. The number of amides is 1. The first-order chi connectivity index (χ1) is 10.2. The first-order valence-electron chi connectivity index (χ1n) is 7.13. The van der Waals surface area contributed by atoms with Gasteiger partial charge < -0.3 is 9.80 Å². The molecule has 1 aromatic rings. The summed E-state index contributed by atoms with van der Waals surface area (Å²) >= 11 is 3.42. The highest BCUT2D eigenvalue weighted by Gasteiger charge is 2.41. The Kier molecular flexibility index (Phi) is 5.04. The lowest BCUT2D eigenvalue weighted by atomic mass is 10.0. The Bertz CT molecular complexity index is 562. The van der Waals surface area contributed by atoms with Crippen LogP contribution in [0.5, 0.6) is 0 Å². The quantitative estimate of drug-likeness (QED) is 0.763. The molecule has 3 nitrogen and oxygen atoms in total. The summed E-state index contributed by atoms with van der Waals surface area (Å²) in [6, 6.07) is 5.26. The van der Waals surface area contributed by atoms with E-state index in [2.05, 4.69) is 27.8 Å². The molecule has 0 spiro atoms. The lowest BCUT2D eigenvalue weighted by molar-refractivity contribution is -0.170. The lowest BCUT2D eigenvalue weighted by Gasteiger charge is -2.36. The molecule has 0 saturated carbocycles. The lowest BCUT2D eigenvalue weighted by Crippen LogP contribution is -2.39. The average molecular weight is 379 g/mol. The van der Waals surface area contributed by atoms with Crippen LogP contribution >= 0.6 is 15.9 Å². The van der Waals surface area contributed by atoms with Crippen molar-refractivity contribution in [1.29, 1.82) is 0 Å². The summed E-state index contributed by atoms with van der Waals surface area (Å²) in [6.07, 6.45) is -1.48. The number of benzene rings is 1. The van der Waals surface area contributed by atoms with Gasteiger partial charge >= 0.3 is 12.1 Å². The van der Waals surface area contributed by atoms with E-state index in [0.29, 0.717) is 15.4 Å². The summed E-state index contributed by atoms with van der Waals surface area (Å²) in [4.78, 5) is 14.1. The Morgan fingerprint density at radius 2 is 2.05 bits per heavy atom. The predicted molar refractivity (Wildman–Crippen MR) is 84.3 cm³/mol. The molecule has 1 aliphatic heterocycles. The molecule has 1 aromatic carbocycles. The third-order valence-corrected chi connectivity index (χ3v) is 4.61. The molecule has 0 aliphatic carbocycles. The number of anilines is 2. The largest absolute Gasteiger partial charge is 0.471 e. The van der Waals surface area contributed by atoms with E-state index in [4.69, 9.17) is 0 Å². The van der Waals surface area contributed by atoms with Gasteiger partial charge in [0.1, 0.15) is 0 Å². The van der Waals surface area contributed by atoms with Gasteiger partial charge in [0.2, 0.25) is 0 Å². The second-order valence-corrected chi connectivity index (χ2v) is 6.39. The van der Waals surface area contributed by atoms with Crippen LogP contribution in [0.4, 0.5) is 24.5 Å². The summed E-state index contributed by atoms with van der Waals surface area (Å²) in [6.45, 7) is 3.06. The molecule has 22 heavy (non-hydrogen) atoms. The summed E-state index contributed by atoms with van der Waals surface area (Å²) in [5.74, 6) is -1.88. The molecule has 0 aromatic heterocycles. The van der Waals surface area contributed by atoms with Crippen molar-refractivity contribution in [3.8, 4) is 0 Å². The van der Waals surface area contributed by atoms with Crippen molar-refractivity contribution in [2.24, 2.45) is 0 Å². The molecule has 0 bridgehead atoms. The van der Waals surface area contributed by atoms with Crippen LogP contribution in [0.25, 0.3) is 0 Å². The smallest absolute Gasteiger partial charge is 0.368 e. The number of hydrogen-bond acceptors (Lipinski definition) is 2. The van der Waals surface area contributed by atoms with Gasteiger partial charge in [-0.2, -0.15) is 13.2 Å². The number of rotatable bonds is 2. The van der Waals surface area contributed by atoms with Crippen molar-refractivity contribution in [1.82, 2.24) is 0 Å². The normalized spacial score (nSPS) is 19.2. The average Bonchev–Trinajstić information content (AvgIpc) is 2.45. The topological polar surface area (TPSA) is 23.6 Å². The highest BCUT2D eigenvalue weighted by Crippen LogP contribution is 2.34. The molecule has 7 heteroatoms. The van der Waals surface area contributed by atoms with Crippen molar-refractivity contribution < 1.29 is 18.0 Å². The first kappa shape index (κ1) is 17.1. The standard InChI is InChI=1S/C15H18BrF3N2O/c1-10-5-3-4-8-21(10)13-7-6-11(9-12(13)16)20(2)14(22)15(17,18)19/h6-7,9-10H,3-5,8H2,1-2H3/t10-/m1/s1. The second kappa shape index (κ2) is 6.48. The zero-order chi connectivity index (χ0) is 16.5. The molecule has 1 heterocycles. The molecule has 0 radical (unpaired) electrons. The van der Waals surface area contributed by atoms with Crippen LogP contribution in [0.3, 0.4) is 0 Å². The van der Waals surface area contributed by atoms with Gasteiger partial charge in [-0.05, 0) is 60.3 Å². The Balaban J connectivity index is 2.24. The molecule has 2 rings (SSSR count). The molecule has 0 unspecified atom stereocenters. The van der Waals surface area contributed by atoms with Crippen LogP contribution in [0.1, 0.15) is 26.2 Å². The zero-order valence-corrected chi connectivity index (χ0v) is 14.0. The molecule has 122 valence electrons. The van der Waals surface area contributed by atoms with Gasteiger partial charge in [-0.15, -0.1) is 0 Å². The summed E-state index contributed by atoms with van der Waals surface area (Å²) < 4.78 is 38.2. The van der Waals surface area contributed by atoms with Gasteiger partial charge in [0.25, 0.3) is 0 Å². The van der Waals surface area contributed by atoms with Crippen molar-refractivity contribution in [2.75, 3.05) is 23.4 Å². The summed E-state index contributed by atoms with van der Waals surface area (Å²) in [5, 5.41) is 0. The van der Waals surface area contributed by atoms with Crippen molar-refractivity contribution in [2.45, 2.75) is 38.4 Å². The number of halogens is 4. The summed E-state index contributed by atoms with van der Waals surface area (Å²) in [7, 11) is 1.13. The van der Waals surface area contributed by atoms with Crippen LogP contribution in [-0.2, 0) is 4.79 Å². The molecule has 1 aliphatic rings. The Morgan fingerprint density at radius 1 is 1.36 bits per heavy atom. The van der Waals surface area contributed by atoms with Crippen LogP contribution in [-0.4, -0.2) is 31.7 Å². The fraction of sp³-hybridized carbons (Fsp3) is 0.533. The van der Waals surface area contributed by atoms with Gasteiger partial charge in [-0.3, -0.25) is 4.79 Å². The van der Waals surface area contributed by atoms with Crippen LogP contribution in [0, 0.1) is 0 Å². The van der Waals surface area contributed by atoms with E-state index in [0.717, 1.165) is 32.1 Å². The van der Waals surface area contributed by atoms with E-state index in [9.17, 15) is 18.0 Å². The monoisotopic (exact) mass is 378 g/mol. The molecule has 1 fully saturated rings. The maximum absolute atomic E-state index is 12.5. The molecular weight excluding hydrogens is 361 g/mol. The highest BCUT2D eigenvalue weighted by molar-refractivity contribution is 9.10. The Labute approximate surface area is 136 Å². The third-order valence-electron chi connectivity index (χ3n) is 3.98. The van der Waals surface area contributed by atoms with E-state index < -0.39 is 12.1 Å². The SMILES string of the molecule is C[C@@H]1CCCCN1c1ccc(N(C)C(=O)C(F)(F)F)cc1Br. The number of nitrogens with zero attached hydrogens (tertiary/aromatic N) is 2. The van der Waals surface area contributed by atoms with Gasteiger partial charge in [0, 0.05) is 29.8 Å². The first-order valence-corrected chi connectivity index (χ1v) is 7.92. The van der Waals surface area contributed by atoms with Gasteiger partial charge in [-0.1, -0.05) is 0 Å². The summed E-state index contributed by atoms with van der Waals surface area (Å²) in [5.41, 5.74) is 1.16. The fourth-order valence-corrected chi connectivity index (χ4v) is 3.30. The molecule has 1 amide bonds. The van der Waals surface area contributed by atoms with E-state index in [1.54, 1.807) is 18.2 Å². The third kappa shape index (κ3) is 3.56. The van der Waals surface area contributed by atoms with Crippen LogP contribution in [0.2, 0.25) is 0 Å². The van der Waals surface area contributed by atoms with Crippen LogP contribution in [0.15, 0.2) is 22.7 Å². The van der Waals surface area contributed by atoms with Gasteiger partial charge in [-0.25, -0.2) is 0 Å². The molecular formula is C15H18BrF3N2O. The van der Waals surface area contributed by atoms with Crippen molar-refractivity contribution in [3.05, 3.63) is 22.7 Å². The maximum Gasteiger partial charge on any atom is 0.471 e. The van der Waals surface area contributed by atoms with Gasteiger partial charge in [0.15, 0.2) is 0 Å². The number of piperidine rings is 1.